The molecule has 1 heterocycles. The first-order valence-corrected chi connectivity index (χ1v) is 6.32. The zero-order valence-electron chi connectivity index (χ0n) is 8.99. The second-order valence-electron chi connectivity index (χ2n) is 3.80. The Morgan fingerprint density at radius 2 is 2.13 bits per heavy atom. The van der Waals surface area contributed by atoms with Crippen LogP contribution in [0.25, 0.3) is 0 Å². The summed E-state index contributed by atoms with van der Waals surface area (Å²) < 4.78 is 25.7. The van der Waals surface area contributed by atoms with Crippen LogP contribution in [-0.4, -0.2) is 45.8 Å². The van der Waals surface area contributed by atoms with Gasteiger partial charge in [-0.2, -0.15) is 12.7 Å². The zero-order chi connectivity index (χ0) is 11.5. The molecule has 0 spiro atoms. The molecular formula is C8H17N3O3S. The Hall–Kier alpha value is -0.660. The highest BCUT2D eigenvalue weighted by Crippen LogP contribution is 2.10. The van der Waals surface area contributed by atoms with E-state index in [2.05, 4.69) is 5.32 Å². The highest BCUT2D eigenvalue weighted by molar-refractivity contribution is 7.87. The van der Waals surface area contributed by atoms with Crippen LogP contribution in [0.1, 0.15) is 12.8 Å². The summed E-state index contributed by atoms with van der Waals surface area (Å²) in [6.45, 7) is 1.44. The molecule has 1 aliphatic heterocycles. The van der Waals surface area contributed by atoms with Gasteiger partial charge in [-0.15, -0.1) is 0 Å². The average molecular weight is 235 g/mol. The molecule has 1 saturated heterocycles. The molecule has 1 fully saturated rings. The molecule has 15 heavy (non-hydrogen) atoms. The van der Waals surface area contributed by atoms with Gasteiger partial charge < -0.3 is 5.32 Å². The normalized spacial score (nSPS) is 22.7. The molecule has 6 nitrogen and oxygen atoms in total. The largest absolute Gasteiger partial charge is 0.316 e. The fraction of sp³-hybridized carbons (Fsp3) is 0.875. The Bertz CT molecular complexity index is 320. The van der Waals surface area contributed by atoms with Crippen molar-refractivity contribution in [2.45, 2.75) is 12.8 Å². The summed E-state index contributed by atoms with van der Waals surface area (Å²) >= 11 is 0. The Labute approximate surface area is 90.2 Å². The number of hydrogen-bond acceptors (Lipinski definition) is 4. The van der Waals surface area contributed by atoms with Gasteiger partial charge in [0, 0.05) is 20.6 Å². The first-order valence-electron chi connectivity index (χ1n) is 4.88. The van der Waals surface area contributed by atoms with E-state index >= 15 is 0 Å². The minimum atomic E-state index is -3.64. The molecule has 0 aromatic rings. The summed E-state index contributed by atoms with van der Waals surface area (Å²) in [4.78, 5) is 11.6. The Morgan fingerprint density at radius 3 is 2.60 bits per heavy atom. The van der Waals surface area contributed by atoms with Crippen LogP contribution in [0.4, 0.5) is 0 Å². The lowest BCUT2D eigenvalue weighted by atomic mass is 9.99. The van der Waals surface area contributed by atoms with Crippen molar-refractivity contribution in [3.8, 4) is 0 Å². The second kappa shape index (κ2) is 4.91. The van der Waals surface area contributed by atoms with Crippen molar-refractivity contribution in [1.29, 1.82) is 0 Å². The number of nitrogens with one attached hydrogen (secondary N) is 2. The number of amides is 1. The minimum Gasteiger partial charge on any atom is -0.316 e. The van der Waals surface area contributed by atoms with Crippen molar-refractivity contribution in [3.05, 3.63) is 0 Å². The monoisotopic (exact) mass is 235 g/mol. The molecule has 0 saturated carbocycles. The molecule has 1 atom stereocenters. The number of hydrogen-bond donors (Lipinski definition) is 2. The van der Waals surface area contributed by atoms with Gasteiger partial charge in [-0.3, -0.25) is 4.79 Å². The number of rotatable bonds is 3. The molecule has 0 radical (unpaired) electrons. The summed E-state index contributed by atoms with van der Waals surface area (Å²) in [5, 5.41) is 3.06. The van der Waals surface area contributed by atoms with Gasteiger partial charge >= 0.3 is 10.2 Å². The molecule has 1 rings (SSSR count). The molecular weight excluding hydrogens is 218 g/mol. The van der Waals surface area contributed by atoms with Crippen molar-refractivity contribution in [3.63, 3.8) is 0 Å². The van der Waals surface area contributed by atoms with Crippen LogP contribution < -0.4 is 10.0 Å². The molecule has 2 N–H and O–H groups in total. The molecule has 1 unspecified atom stereocenters. The van der Waals surface area contributed by atoms with E-state index in [0.717, 1.165) is 23.7 Å². The lowest BCUT2D eigenvalue weighted by Gasteiger charge is -2.22. The topological polar surface area (TPSA) is 78.5 Å². The first kappa shape index (κ1) is 12.4. The van der Waals surface area contributed by atoms with E-state index in [9.17, 15) is 13.2 Å². The maximum atomic E-state index is 11.6. The SMILES string of the molecule is CN(C)S(=O)(=O)NC(=O)C1CCCNC1. The Balaban J connectivity index is 2.55. The maximum absolute atomic E-state index is 11.6. The molecule has 1 amide bonds. The fourth-order valence-electron chi connectivity index (χ4n) is 1.38. The lowest BCUT2D eigenvalue weighted by molar-refractivity contribution is -0.123. The van der Waals surface area contributed by atoms with Crippen LogP contribution >= 0.6 is 0 Å². The number of nitrogens with zero attached hydrogens (tertiary/aromatic N) is 1. The smallest absolute Gasteiger partial charge is 0.303 e. The third-order valence-corrected chi connectivity index (χ3v) is 3.80. The molecule has 0 aromatic heterocycles. The van der Waals surface area contributed by atoms with E-state index in [0.29, 0.717) is 6.54 Å². The minimum absolute atomic E-state index is 0.242. The van der Waals surface area contributed by atoms with Gasteiger partial charge in [-0.1, -0.05) is 0 Å². The molecule has 7 heteroatoms. The molecule has 0 aliphatic carbocycles. The van der Waals surface area contributed by atoms with Gasteiger partial charge in [0.15, 0.2) is 0 Å². The van der Waals surface area contributed by atoms with E-state index in [1.807, 2.05) is 4.72 Å². The summed E-state index contributed by atoms with van der Waals surface area (Å²) in [7, 11) is -0.873. The quantitative estimate of drug-likeness (QED) is 0.651. The predicted molar refractivity (Wildman–Crippen MR) is 56.3 cm³/mol. The summed E-state index contributed by atoms with van der Waals surface area (Å²) in [5.41, 5.74) is 0. The van der Waals surface area contributed by atoms with Gasteiger partial charge in [0.05, 0.1) is 5.92 Å². The third kappa shape index (κ3) is 3.44. The van der Waals surface area contributed by atoms with Crippen LogP contribution in [0.3, 0.4) is 0 Å². The highest BCUT2D eigenvalue weighted by atomic mass is 32.2. The number of piperidine rings is 1. The van der Waals surface area contributed by atoms with Crippen molar-refractivity contribution >= 4 is 16.1 Å². The zero-order valence-corrected chi connectivity index (χ0v) is 9.80. The van der Waals surface area contributed by atoms with E-state index in [4.69, 9.17) is 0 Å². The Kier molecular flexibility index (Phi) is 4.06. The van der Waals surface area contributed by atoms with Crippen molar-refractivity contribution in [2.75, 3.05) is 27.2 Å². The summed E-state index contributed by atoms with van der Waals surface area (Å²) in [5.74, 6) is -0.663. The highest BCUT2D eigenvalue weighted by Gasteiger charge is 2.25. The van der Waals surface area contributed by atoms with Crippen molar-refractivity contribution in [1.82, 2.24) is 14.3 Å². The average Bonchev–Trinajstić information content (AvgIpc) is 2.18. The molecule has 88 valence electrons. The van der Waals surface area contributed by atoms with Crippen LogP contribution in [-0.2, 0) is 15.0 Å². The van der Waals surface area contributed by atoms with Gasteiger partial charge in [-0.05, 0) is 19.4 Å². The summed E-state index contributed by atoms with van der Waals surface area (Å²) in [6, 6.07) is 0. The molecule has 0 bridgehead atoms. The second-order valence-corrected chi connectivity index (χ2v) is 5.68. The molecule has 1 aliphatic rings. The Morgan fingerprint density at radius 1 is 1.47 bits per heavy atom. The van der Waals surface area contributed by atoms with Crippen molar-refractivity contribution in [2.24, 2.45) is 5.92 Å². The van der Waals surface area contributed by atoms with E-state index in [-0.39, 0.29) is 5.92 Å². The third-order valence-electron chi connectivity index (χ3n) is 2.38. The fourth-order valence-corrected chi connectivity index (χ4v) is 1.98. The lowest BCUT2D eigenvalue weighted by Crippen LogP contribution is -2.46. The standard InChI is InChI=1S/C8H17N3O3S/c1-11(2)15(13,14)10-8(12)7-4-3-5-9-6-7/h7,9H,3-6H2,1-2H3,(H,10,12). The van der Waals surface area contributed by atoms with Crippen LogP contribution in [0.5, 0.6) is 0 Å². The van der Waals surface area contributed by atoms with Gasteiger partial charge in [0.1, 0.15) is 0 Å². The number of carbonyl (C=O) groups is 1. The van der Waals surface area contributed by atoms with E-state index in [1.165, 1.54) is 14.1 Å². The van der Waals surface area contributed by atoms with Crippen molar-refractivity contribution < 1.29 is 13.2 Å². The summed E-state index contributed by atoms with van der Waals surface area (Å²) in [6.07, 6.45) is 1.64. The maximum Gasteiger partial charge on any atom is 0.303 e. The molecule has 0 aromatic carbocycles. The number of carbonyl (C=O) groups excluding carboxylic acids is 1. The van der Waals surface area contributed by atoms with Gasteiger partial charge in [0.25, 0.3) is 0 Å². The first-order chi connectivity index (χ1) is 6.93. The van der Waals surface area contributed by atoms with Gasteiger partial charge in [0.2, 0.25) is 5.91 Å². The van der Waals surface area contributed by atoms with Gasteiger partial charge in [-0.25, -0.2) is 4.72 Å². The van der Waals surface area contributed by atoms with Crippen LogP contribution in [0.15, 0.2) is 0 Å². The van der Waals surface area contributed by atoms with E-state index in [1.54, 1.807) is 0 Å². The van der Waals surface area contributed by atoms with Crippen LogP contribution in [0.2, 0.25) is 0 Å². The van der Waals surface area contributed by atoms with E-state index < -0.39 is 16.1 Å². The predicted octanol–water partition coefficient (Wildman–Crippen LogP) is -1.09. The van der Waals surface area contributed by atoms with Crippen LogP contribution in [0, 0.1) is 5.92 Å².